The lowest BCUT2D eigenvalue weighted by atomic mass is 9.97. The molecule has 0 spiro atoms. The van der Waals surface area contributed by atoms with Crippen LogP contribution in [0.5, 0.6) is 5.75 Å². The van der Waals surface area contributed by atoms with E-state index in [1.54, 1.807) is 7.11 Å². The maximum atomic E-state index is 12.8. The van der Waals surface area contributed by atoms with Gasteiger partial charge in [0.25, 0.3) is 0 Å². The van der Waals surface area contributed by atoms with Crippen LogP contribution in [0, 0.1) is 0 Å². The Kier molecular flexibility index (Phi) is 5.73. The van der Waals surface area contributed by atoms with Gasteiger partial charge in [0.2, 0.25) is 5.91 Å². The summed E-state index contributed by atoms with van der Waals surface area (Å²) in [5, 5.41) is 9.81. The highest BCUT2D eigenvalue weighted by Crippen LogP contribution is 2.34. The molecule has 1 amide bonds. The van der Waals surface area contributed by atoms with Crippen LogP contribution in [0.4, 0.5) is 5.69 Å². The zero-order valence-corrected chi connectivity index (χ0v) is 16.1. The standard InChI is InChI=1S/C20H31N3O3/c1-20(2)15-22(19(25)14-21-10-6-7-16(24)13-21)11-12-23(20)17-8-4-5-9-18(17)26-3/h4-5,8-9,16,24H,6-7,10-15H2,1-3H3. The van der Waals surface area contributed by atoms with Gasteiger partial charge in [-0.1, -0.05) is 12.1 Å². The summed E-state index contributed by atoms with van der Waals surface area (Å²) in [6, 6.07) is 8.05. The number of piperidine rings is 1. The third-order valence-electron chi connectivity index (χ3n) is 5.47. The van der Waals surface area contributed by atoms with Crippen molar-refractivity contribution < 1.29 is 14.6 Å². The zero-order chi connectivity index (χ0) is 18.7. The molecule has 2 aliphatic rings. The molecule has 0 aliphatic carbocycles. The first-order valence-electron chi connectivity index (χ1n) is 9.49. The molecule has 0 saturated carbocycles. The van der Waals surface area contributed by atoms with Gasteiger partial charge in [0.15, 0.2) is 0 Å². The maximum absolute atomic E-state index is 12.8. The van der Waals surface area contributed by atoms with Crippen LogP contribution in [0.3, 0.4) is 0 Å². The van der Waals surface area contributed by atoms with E-state index in [1.165, 1.54) is 0 Å². The Labute approximate surface area is 156 Å². The van der Waals surface area contributed by atoms with Crippen molar-refractivity contribution in [3.05, 3.63) is 24.3 Å². The van der Waals surface area contributed by atoms with Gasteiger partial charge in [-0.3, -0.25) is 9.69 Å². The Hall–Kier alpha value is -1.79. The number of aliphatic hydroxyl groups is 1. The molecule has 1 N–H and O–H groups in total. The molecule has 1 unspecified atom stereocenters. The molecule has 1 aromatic rings. The molecule has 6 nitrogen and oxygen atoms in total. The van der Waals surface area contributed by atoms with Crippen molar-refractivity contribution in [2.45, 2.75) is 38.3 Å². The third-order valence-corrected chi connectivity index (χ3v) is 5.47. The molecule has 6 heteroatoms. The van der Waals surface area contributed by atoms with E-state index in [1.807, 2.05) is 23.1 Å². The smallest absolute Gasteiger partial charge is 0.236 e. The monoisotopic (exact) mass is 361 g/mol. The number of β-amino-alcohol motifs (C(OH)–C–C–N with tert-alkyl or cyclic N) is 1. The largest absolute Gasteiger partial charge is 0.495 e. The third kappa shape index (κ3) is 4.13. The van der Waals surface area contributed by atoms with Gasteiger partial charge in [-0.25, -0.2) is 0 Å². The van der Waals surface area contributed by atoms with Crippen LogP contribution in [0.1, 0.15) is 26.7 Å². The molecule has 2 fully saturated rings. The van der Waals surface area contributed by atoms with Crippen LogP contribution >= 0.6 is 0 Å². The second-order valence-corrected chi connectivity index (χ2v) is 7.98. The normalized spacial score (nSPS) is 23.8. The van der Waals surface area contributed by atoms with Crippen LogP contribution in [0.2, 0.25) is 0 Å². The molecule has 0 bridgehead atoms. The number of amides is 1. The van der Waals surface area contributed by atoms with Crippen molar-refractivity contribution in [3.8, 4) is 5.75 Å². The Morgan fingerprint density at radius 3 is 2.73 bits per heavy atom. The highest BCUT2D eigenvalue weighted by molar-refractivity contribution is 5.79. The number of carbonyl (C=O) groups excluding carboxylic acids is 1. The summed E-state index contributed by atoms with van der Waals surface area (Å²) in [6.07, 6.45) is 1.51. The number of likely N-dealkylation sites (tertiary alicyclic amines) is 1. The summed E-state index contributed by atoms with van der Waals surface area (Å²) in [6.45, 7) is 8.41. The first kappa shape index (κ1) is 19.0. The quantitative estimate of drug-likeness (QED) is 0.882. The second kappa shape index (κ2) is 7.84. The lowest BCUT2D eigenvalue weighted by Crippen LogP contribution is -2.62. The topological polar surface area (TPSA) is 56.2 Å². The molecule has 2 heterocycles. The molecule has 26 heavy (non-hydrogen) atoms. The van der Waals surface area contributed by atoms with Crippen molar-refractivity contribution in [3.63, 3.8) is 0 Å². The number of anilines is 1. The van der Waals surface area contributed by atoms with Gasteiger partial charge in [-0.2, -0.15) is 0 Å². The second-order valence-electron chi connectivity index (χ2n) is 7.98. The average Bonchev–Trinajstić information content (AvgIpc) is 2.61. The summed E-state index contributed by atoms with van der Waals surface area (Å²) in [5.41, 5.74) is 0.899. The number of nitrogens with zero attached hydrogens (tertiary/aromatic N) is 3. The number of ether oxygens (including phenoxy) is 1. The fraction of sp³-hybridized carbons (Fsp3) is 0.650. The number of aliphatic hydroxyl groups excluding tert-OH is 1. The molecule has 2 aliphatic heterocycles. The number of piperazine rings is 1. The lowest BCUT2D eigenvalue weighted by molar-refractivity contribution is -0.134. The van der Waals surface area contributed by atoms with Crippen molar-refractivity contribution >= 4 is 11.6 Å². The summed E-state index contributed by atoms with van der Waals surface area (Å²) in [4.78, 5) is 19.2. The molecule has 0 radical (unpaired) electrons. The Morgan fingerprint density at radius 2 is 2.04 bits per heavy atom. The van der Waals surface area contributed by atoms with Gasteiger partial charge < -0.3 is 19.6 Å². The summed E-state index contributed by atoms with van der Waals surface area (Å²) < 4.78 is 5.52. The summed E-state index contributed by atoms with van der Waals surface area (Å²) in [5.74, 6) is 1.02. The van der Waals surface area contributed by atoms with Crippen molar-refractivity contribution in [2.75, 3.05) is 51.3 Å². The number of rotatable bonds is 4. The minimum Gasteiger partial charge on any atom is -0.495 e. The molecular formula is C20H31N3O3. The van der Waals surface area contributed by atoms with Gasteiger partial charge >= 0.3 is 0 Å². The number of hydrogen-bond acceptors (Lipinski definition) is 5. The van der Waals surface area contributed by atoms with Crippen LogP contribution in [-0.2, 0) is 4.79 Å². The average molecular weight is 361 g/mol. The fourth-order valence-corrected chi connectivity index (χ4v) is 4.13. The number of methoxy groups -OCH3 is 1. The van der Waals surface area contributed by atoms with E-state index in [-0.39, 0.29) is 17.6 Å². The van der Waals surface area contributed by atoms with E-state index in [0.29, 0.717) is 26.2 Å². The van der Waals surface area contributed by atoms with Crippen LogP contribution in [0.15, 0.2) is 24.3 Å². The van der Waals surface area contributed by atoms with Gasteiger partial charge in [-0.15, -0.1) is 0 Å². The fourth-order valence-electron chi connectivity index (χ4n) is 4.13. The SMILES string of the molecule is COc1ccccc1N1CCN(C(=O)CN2CCCC(O)C2)CC1(C)C. The minimum atomic E-state index is -0.296. The van der Waals surface area contributed by atoms with Crippen LogP contribution in [-0.4, -0.2) is 78.8 Å². The van der Waals surface area contributed by atoms with Crippen LogP contribution in [0.25, 0.3) is 0 Å². The highest BCUT2D eigenvalue weighted by Gasteiger charge is 2.37. The van der Waals surface area contributed by atoms with Gasteiger partial charge in [-0.05, 0) is 45.4 Å². The molecular weight excluding hydrogens is 330 g/mol. The van der Waals surface area contributed by atoms with Crippen LogP contribution < -0.4 is 9.64 Å². The van der Waals surface area contributed by atoms with E-state index >= 15 is 0 Å². The lowest BCUT2D eigenvalue weighted by Gasteiger charge is -2.49. The van der Waals surface area contributed by atoms with Gasteiger partial charge in [0.05, 0.1) is 31.0 Å². The summed E-state index contributed by atoms with van der Waals surface area (Å²) in [7, 11) is 1.69. The highest BCUT2D eigenvalue weighted by atomic mass is 16.5. The molecule has 2 saturated heterocycles. The number of carbonyl (C=O) groups is 1. The first-order valence-corrected chi connectivity index (χ1v) is 9.49. The first-order chi connectivity index (χ1) is 12.4. The number of benzene rings is 1. The molecule has 144 valence electrons. The van der Waals surface area contributed by atoms with Crippen molar-refractivity contribution in [1.29, 1.82) is 0 Å². The Balaban J connectivity index is 1.65. The molecule has 0 aromatic heterocycles. The Morgan fingerprint density at radius 1 is 1.27 bits per heavy atom. The van der Waals surface area contributed by atoms with E-state index in [9.17, 15) is 9.90 Å². The summed E-state index contributed by atoms with van der Waals surface area (Å²) >= 11 is 0. The van der Waals surface area contributed by atoms with Gasteiger partial charge in [0.1, 0.15) is 5.75 Å². The zero-order valence-electron chi connectivity index (χ0n) is 16.1. The van der Waals surface area contributed by atoms with Crippen molar-refractivity contribution in [1.82, 2.24) is 9.80 Å². The number of para-hydroxylation sites is 2. The Bertz CT molecular complexity index is 634. The molecule has 1 atom stereocenters. The predicted octanol–water partition coefficient (Wildman–Crippen LogP) is 1.58. The van der Waals surface area contributed by atoms with E-state index in [4.69, 9.17) is 4.74 Å². The minimum absolute atomic E-state index is 0.159. The predicted molar refractivity (Wildman–Crippen MR) is 103 cm³/mol. The maximum Gasteiger partial charge on any atom is 0.236 e. The molecule has 3 rings (SSSR count). The number of hydrogen-bond donors (Lipinski definition) is 1. The van der Waals surface area contributed by atoms with E-state index in [0.717, 1.165) is 37.4 Å². The van der Waals surface area contributed by atoms with Crippen molar-refractivity contribution in [2.24, 2.45) is 0 Å². The van der Waals surface area contributed by atoms with E-state index < -0.39 is 0 Å². The van der Waals surface area contributed by atoms with E-state index in [2.05, 4.69) is 29.7 Å². The van der Waals surface area contributed by atoms with Gasteiger partial charge in [0, 0.05) is 26.2 Å². The molecule has 1 aromatic carbocycles.